The van der Waals surface area contributed by atoms with Gasteiger partial charge in [0.1, 0.15) is 5.69 Å². The highest BCUT2D eigenvalue weighted by molar-refractivity contribution is 5.92. The number of amides is 1. The molecule has 22 heavy (non-hydrogen) atoms. The Morgan fingerprint density at radius 3 is 2.91 bits per heavy atom. The van der Waals surface area contributed by atoms with Gasteiger partial charge >= 0.3 is 0 Å². The number of hydrogen-bond donors (Lipinski definition) is 2. The summed E-state index contributed by atoms with van der Waals surface area (Å²) in [5.41, 5.74) is 2.86. The van der Waals surface area contributed by atoms with Crippen LogP contribution in [0.25, 0.3) is 0 Å². The molecule has 6 nitrogen and oxygen atoms in total. The molecule has 1 amide bonds. The predicted octanol–water partition coefficient (Wildman–Crippen LogP) is 2.53. The van der Waals surface area contributed by atoms with Gasteiger partial charge in [-0.15, -0.1) is 0 Å². The van der Waals surface area contributed by atoms with Crippen LogP contribution >= 0.6 is 0 Å². The SMILES string of the molecule is O=C(N[C@H]1CCCc2cn(C3CCCC3)nc21)c1ccn[nH]1. The van der Waals surface area contributed by atoms with Gasteiger partial charge in [0.2, 0.25) is 0 Å². The summed E-state index contributed by atoms with van der Waals surface area (Å²) >= 11 is 0. The van der Waals surface area contributed by atoms with Gasteiger partial charge in [0.05, 0.1) is 17.8 Å². The number of aromatic nitrogens is 4. The predicted molar refractivity (Wildman–Crippen MR) is 81.5 cm³/mol. The van der Waals surface area contributed by atoms with E-state index in [2.05, 4.69) is 26.4 Å². The van der Waals surface area contributed by atoms with Crippen LogP contribution in [0.1, 0.15) is 72.4 Å². The van der Waals surface area contributed by atoms with Crippen molar-refractivity contribution in [3.8, 4) is 0 Å². The molecule has 2 aliphatic rings. The Kier molecular flexibility index (Phi) is 3.44. The molecule has 4 rings (SSSR count). The number of carbonyl (C=O) groups excluding carboxylic acids is 1. The van der Waals surface area contributed by atoms with Crippen LogP contribution in [0.15, 0.2) is 18.5 Å². The zero-order chi connectivity index (χ0) is 14.9. The fourth-order valence-corrected chi connectivity index (χ4v) is 3.68. The highest BCUT2D eigenvalue weighted by Crippen LogP contribution is 2.33. The van der Waals surface area contributed by atoms with Crippen LogP contribution in [0.2, 0.25) is 0 Å². The number of H-pyrrole nitrogens is 1. The normalized spacial score (nSPS) is 21.7. The molecule has 0 spiro atoms. The number of rotatable bonds is 3. The fourth-order valence-electron chi connectivity index (χ4n) is 3.68. The summed E-state index contributed by atoms with van der Waals surface area (Å²) in [6.07, 6.45) is 12.0. The summed E-state index contributed by atoms with van der Waals surface area (Å²) < 4.78 is 2.15. The smallest absolute Gasteiger partial charge is 0.269 e. The molecule has 1 atom stereocenters. The summed E-state index contributed by atoms with van der Waals surface area (Å²) in [7, 11) is 0. The summed E-state index contributed by atoms with van der Waals surface area (Å²) in [5.74, 6) is -0.106. The average Bonchev–Trinajstić information content (AvgIpc) is 3.27. The van der Waals surface area contributed by atoms with E-state index in [1.807, 2.05) is 0 Å². The topological polar surface area (TPSA) is 75.6 Å². The van der Waals surface area contributed by atoms with Crippen molar-refractivity contribution in [2.75, 3.05) is 0 Å². The number of nitrogens with one attached hydrogen (secondary N) is 2. The Morgan fingerprint density at radius 1 is 1.27 bits per heavy atom. The second-order valence-electron chi connectivity index (χ2n) is 6.35. The lowest BCUT2D eigenvalue weighted by atomic mass is 9.93. The van der Waals surface area contributed by atoms with Crippen molar-refractivity contribution in [1.29, 1.82) is 0 Å². The Labute approximate surface area is 129 Å². The quantitative estimate of drug-likeness (QED) is 0.914. The maximum atomic E-state index is 12.2. The number of fused-ring (bicyclic) bond motifs is 1. The average molecular weight is 299 g/mol. The first kappa shape index (κ1) is 13.5. The molecule has 2 aromatic heterocycles. The minimum atomic E-state index is -0.106. The molecule has 1 saturated carbocycles. The van der Waals surface area contributed by atoms with E-state index in [4.69, 9.17) is 5.10 Å². The molecule has 2 aliphatic carbocycles. The highest BCUT2D eigenvalue weighted by atomic mass is 16.2. The fraction of sp³-hybridized carbons (Fsp3) is 0.562. The van der Waals surface area contributed by atoms with Gasteiger partial charge in [-0.05, 0) is 43.7 Å². The number of nitrogens with zero attached hydrogens (tertiary/aromatic N) is 3. The van der Waals surface area contributed by atoms with E-state index in [0.717, 1.165) is 25.0 Å². The van der Waals surface area contributed by atoms with Crippen LogP contribution in [0, 0.1) is 0 Å². The van der Waals surface area contributed by atoms with Crippen LogP contribution in [0.4, 0.5) is 0 Å². The maximum Gasteiger partial charge on any atom is 0.269 e. The first-order valence-corrected chi connectivity index (χ1v) is 8.19. The molecule has 0 unspecified atom stereocenters. The van der Waals surface area contributed by atoms with Gasteiger partial charge in [-0.3, -0.25) is 14.6 Å². The molecule has 0 saturated heterocycles. The summed E-state index contributed by atoms with van der Waals surface area (Å²) in [4.78, 5) is 12.2. The zero-order valence-electron chi connectivity index (χ0n) is 12.6. The van der Waals surface area contributed by atoms with Gasteiger partial charge in [0, 0.05) is 12.4 Å². The van der Waals surface area contributed by atoms with Gasteiger partial charge in [0.15, 0.2) is 0 Å². The van der Waals surface area contributed by atoms with Crippen LogP contribution in [0.5, 0.6) is 0 Å². The summed E-state index contributed by atoms with van der Waals surface area (Å²) in [6, 6.07) is 2.26. The van der Waals surface area contributed by atoms with Crippen molar-refractivity contribution < 1.29 is 4.79 Å². The minimum absolute atomic E-state index is 0.0159. The van der Waals surface area contributed by atoms with Crippen LogP contribution in [-0.4, -0.2) is 25.9 Å². The maximum absolute atomic E-state index is 12.2. The lowest BCUT2D eigenvalue weighted by Gasteiger charge is -2.21. The van der Waals surface area contributed by atoms with E-state index in [1.54, 1.807) is 12.3 Å². The standard InChI is InChI=1S/C16H21N5O/c22-16(14-8-9-17-19-14)18-13-7-3-4-11-10-21(20-15(11)13)12-5-1-2-6-12/h8-10,12-13H,1-7H2,(H,17,19)(H,18,22)/t13-/m0/s1. The van der Waals surface area contributed by atoms with Crippen LogP contribution < -0.4 is 5.32 Å². The highest BCUT2D eigenvalue weighted by Gasteiger charge is 2.28. The molecule has 6 heteroatoms. The van der Waals surface area contributed by atoms with Crippen molar-refractivity contribution in [2.24, 2.45) is 0 Å². The van der Waals surface area contributed by atoms with E-state index < -0.39 is 0 Å². The van der Waals surface area contributed by atoms with Crippen molar-refractivity contribution in [3.63, 3.8) is 0 Å². The van der Waals surface area contributed by atoms with E-state index in [-0.39, 0.29) is 11.9 Å². The zero-order valence-corrected chi connectivity index (χ0v) is 12.6. The molecule has 0 radical (unpaired) electrons. The Bertz CT molecular complexity index is 654. The molecule has 0 bridgehead atoms. The third-order valence-electron chi connectivity index (χ3n) is 4.86. The lowest BCUT2D eigenvalue weighted by molar-refractivity contribution is 0.0926. The monoisotopic (exact) mass is 299 g/mol. The summed E-state index contributed by atoms with van der Waals surface area (Å²) in [5, 5.41) is 14.5. The second-order valence-corrected chi connectivity index (χ2v) is 6.35. The van der Waals surface area contributed by atoms with E-state index in [0.29, 0.717) is 11.7 Å². The van der Waals surface area contributed by atoms with Gasteiger partial charge in [0.25, 0.3) is 5.91 Å². The molecule has 1 fully saturated rings. The molecular weight excluding hydrogens is 278 g/mol. The molecule has 2 heterocycles. The van der Waals surface area contributed by atoms with Gasteiger partial charge < -0.3 is 5.32 Å². The number of carbonyl (C=O) groups is 1. The minimum Gasteiger partial charge on any atom is -0.342 e. The molecular formula is C16H21N5O. The van der Waals surface area contributed by atoms with Crippen molar-refractivity contribution in [3.05, 3.63) is 35.4 Å². The molecule has 116 valence electrons. The first-order valence-electron chi connectivity index (χ1n) is 8.19. The summed E-state index contributed by atoms with van der Waals surface area (Å²) in [6.45, 7) is 0. The van der Waals surface area contributed by atoms with Gasteiger partial charge in [-0.2, -0.15) is 10.2 Å². The number of aryl methyl sites for hydroxylation is 1. The third-order valence-corrected chi connectivity index (χ3v) is 4.86. The van der Waals surface area contributed by atoms with E-state index in [1.165, 1.54) is 31.2 Å². The van der Waals surface area contributed by atoms with Crippen LogP contribution in [0.3, 0.4) is 0 Å². The first-order chi connectivity index (χ1) is 10.8. The Morgan fingerprint density at radius 2 is 2.14 bits per heavy atom. The Balaban J connectivity index is 1.55. The molecule has 0 aliphatic heterocycles. The second kappa shape index (κ2) is 5.59. The largest absolute Gasteiger partial charge is 0.342 e. The third kappa shape index (κ3) is 2.42. The van der Waals surface area contributed by atoms with E-state index in [9.17, 15) is 4.79 Å². The number of aromatic amines is 1. The molecule has 0 aromatic carbocycles. The van der Waals surface area contributed by atoms with Crippen molar-refractivity contribution in [1.82, 2.24) is 25.3 Å². The van der Waals surface area contributed by atoms with Gasteiger partial charge in [-0.1, -0.05) is 12.8 Å². The molecule has 2 aromatic rings. The molecule has 2 N–H and O–H groups in total. The Hall–Kier alpha value is -2.11. The van der Waals surface area contributed by atoms with Gasteiger partial charge in [-0.25, -0.2) is 0 Å². The number of hydrogen-bond acceptors (Lipinski definition) is 3. The van der Waals surface area contributed by atoms with E-state index >= 15 is 0 Å². The van der Waals surface area contributed by atoms with Crippen LogP contribution in [-0.2, 0) is 6.42 Å². The van der Waals surface area contributed by atoms with Crippen molar-refractivity contribution >= 4 is 5.91 Å². The lowest BCUT2D eigenvalue weighted by Crippen LogP contribution is -2.31. The van der Waals surface area contributed by atoms with Crippen molar-refractivity contribution in [2.45, 2.75) is 57.0 Å².